The molecule has 0 spiro atoms. The van der Waals surface area contributed by atoms with Gasteiger partial charge in [0.1, 0.15) is 0 Å². The van der Waals surface area contributed by atoms with Crippen LogP contribution in [-0.2, 0) is 14.4 Å². The fourth-order valence-electron chi connectivity index (χ4n) is 3.76. The number of anilines is 3. The van der Waals surface area contributed by atoms with Gasteiger partial charge in [-0.3, -0.25) is 19.3 Å². The number of methoxy groups -OCH3 is 2. The van der Waals surface area contributed by atoms with Gasteiger partial charge in [0.2, 0.25) is 17.7 Å². The minimum atomic E-state index is -0.143. The molecule has 1 heterocycles. The predicted molar refractivity (Wildman–Crippen MR) is 127 cm³/mol. The van der Waals surface area contributed by atoms with Crippen molar-refractivity contribution in [1.82, 2.24) is 4.90 Å². The summed E-state index contributed by atoms with van der Waals surface area (Å²) in [5.74, 6) is 0.744. The van der Waals surface area contributed by atoms with Crippen LogP contribution in [0, 0.1) is 5.92 Å². The van der Waals surface area contributed by atoms with Crippen LogP contribution in [0.15, 0.2) is 42.5 Å². The first kappa shape index (κ1) is 24.1. The SMILES string of the molecule is COc1ccc(NC(=O)CN2CCC(C(=O)Nc3ccc(NC(C)=O)cc3)CC2)cc1OC. The highest BCUT2D eigenvalue weighted by Gasteiger charge is 2.26. The lowest BCUT2D eigenvalue weighted by Gasteiger charge is -2.30. The number of hydrogen-bond acceptors (Lipinski definition) is 6. The second-order valence-corrected chi connectivity index (χ2v) is 7.92. The summed E-state index contributed by atoms with van der Waals surface area (Å²) in [4.78, 5) is 38.2. The summed E-state index contributed by atoms with van der Waals surface area (Å²) < 4.78 is 10.5. The summed E-state index contributed by atoms with van der Waals surface area (Å²) in [7, 11) is 3.11. The van der Waals surface area contributed by atoms with Crippen molar-refractivity contribution in [1.29, 1.82) is 0 Å². The average Bonchev–Trinajstić information content (AvgIpc) is 2.80. The van der Waals surface area contributed by atoms with Crippen molar-refractivity contribution in [3.05, 3.63) is 42.5 Å². The maximum atomic E-state index is 12.6. The largest absolute Gasteiger partial charge is 0.493 e. The number of likely N-dealkylation sites (tertiary alicyclic amines) is 1. The molecule has 1 aliphatic heterocycles. The Labute approximate surface area is 193 Å². The Bertz CT molecular complexity index is 985. The Morgan fingerprint density at radius 3 is 2.00 bits per heavy atom. The molecule has 0 bridgehead atoms. The number of rotatable bonds is 8. The van der Waals surface area contributed by atoms with E-state index in [4.69, 9.17) is 9.47 Å². The van der Waals surface area contributed by atoms with E-state index in [1.54, 1.807) is 56.7 Å². The van der Waals surface area contributed by atoms with Gasteiger partial charge >= 0.3 is 0 Å². The van der Waals surface area contributed by atoms with Gasteiger partial charge in [-0.2, -0.15) is 0 Å². The maximum Gasteiger partial charge on any atom is 0.238 e. The molecule has 3 amide bonds. The van der Waals surface area contributed by atoms with Crippen molar-refractivity contribution in [2.24, 2.45) is 5.92 Å². The topological polar surface area (TPSA) is 109 Å². The number of benzene rings is 2. The van der Waals surface area contributed by atoms with Crippen LogP contribution in [0.25, 0.3) is 0 Å². The quantitative estimate of drug-likeness (QED) is 0.566. The second kappa shape index (κ2) is 11.3. The van der Waals surface area contributed by atoms with Gasteiger partial charge in [-0.05, 0) is 62.3 Å². The third-order valence-electron chi connectivity index (χ3n) is 5.47. The zero-order valence-electron chi connectivity index (χ0n) is 19.1. The predicted octanol–water partition coefficient (Wildman–Crippen LogP) is 2.95. The number of piperidine rings is 1. The molecule has 1 saturated heterocycles. The van der Waals surface area contributed by atoms with Gasteiger partial charge in [-0.25, -0.2) is 0 Å². The minimum Gasteiger partial charge on any atom is -0.493 e. The van der Waals surface area contributed by atoms with Crippen LogP contribution in [0.3, 0.4) is 0 Å². The van der Waals surface area contributed by atoms with Crippen molar-refractivity contribution >= 4 is 34.8 Å². The van der Waals surface area contributed by atoms with Crippen molar-refractivity contribution in [2.45, 2.75) is 19.8 Å². The molecule has 176 valence electrons. The van der Waals surface area contributed by atoms with Gasteiger partial charge in [0.15, 0.2) is 11.5 Å². The van der Waals surface area contributed by atoms with E-state index in [9.17, 15) is 14.4 Å². The van der Waals surface area contributed by atoms with Crippen LogP contribution in [0.2, 0.25) is 0 Å². The van der Waals surface area contributed by atoms with E-state index in [0.29, 0.717) is 54.5 Å². The molecular weight excluding hydrogens is 424 g/mol. The molecule has 3 N–H and O–H groups in total. The molecule has 9 nitrogen and oxygen atoms in total. The molecule has 0 aliphatic carbocycles. The minimum absolute atomic E-state index is 0.0308. The van der Waals surface area contributed by atoms with Crippen LogP contribution >= 0.6 is 0 Å². The van der Waals surface area contributed by atoms with Crippen LogP contribution in [0.1, 0.15) is 19.8 Å². The van der Waals surface area contributed by atoms with Gasteiger partial charge in [-0.15, -0.1) is 0 Å². The van der Waals surface area contributed by atoms with Gasteiger partial charge < -0.3 is 25.4 Å². The summed E-state index contributed by atoms with van der Waals surface area (Å²) in [6.07, 6.45) is 1.36. The molecule has 0 radical (unpaired) electrons. The fourth-order valence-corrected chi connectivity index (χ4v) is 3.76. The van der Waals surface area contributed by atoms with E-state index in [1.807, 2.05) is 4.90 Å². The lowest BCUT2D eigenvalue weighted by Crippen LogP contribution is -2.41. The standard InChI is InChI=1S/C24H30N4O5/c1-16(29)25-18-4-6-19(7-5-18)27-24(31)17-10-12-28(13-11-17)15-23(30)26-20-8-9-21(32-2)22(14-20)33-3/h4-9,14,17H,10-13,15H2,1-3H3,(H,25,29)(H,26,30)(H,27,31). The van der Waals surface area contributed by atoms with Gasteiger partial charge in [-0.1, -0.05) is 0 Å². The lowest BCUT2D eigenvalue weighted by molar-refractivity contribution is -0.121. The number of carbonyl (C=O) groups excluding carboxylic acids is 3. The van der Waals surface area contributed by atoms with Crippen molar-refractivity contribution in [3.63, 3.8) is 0 Å². The molecular formula is C24H30N4O5. The number of carbonyl (C=O) groups is 3. The van der Waals surface area contributed by atoms with Crippen LogP contribution in [0.5, 0.6) is 11.5 Å². The van der Waals surface area contributed by atoms with E-state index in [1.165, 1.54) is 6.92 Å². The van der Waals surface area contributed by atoms with E-state index in [2.05, 4.69) is 16.0 Å². The number of nitrogens with one attached hydrogen (secondary N) is 3. The van der Waals surface area contributed by atoms with Crippen LogP contribution in [-0.4, -0.2) is 56.5 Å². The van der Waals surface area contributed by atoms with Crippen molar-refractivity contribution in [2.75, 3.05) is 49.8 Å². The molecule has 2 aromatic rings. The van der Waals surface area contributed by atoms with E-state index in [0.717, 1.165) is 0 Å². The van der Waals surface area contributed by atoms with Crippen LogP contribution < -0.4 is 25.4 Å². The number of hydrogen-bond donors (Lipinski definition) is 3. The van der Waals surface area contributed by atoms with Crippen LogP contribution in [0.4, 0.5) is 17.1 Å². The van der Waals surface area contributed by atoms with Crippen molar-refractivity contribution in [3.8, 4) is 11.5 Å². The summed E-state index contributed by atoms with van der Waals surface area (Å²) in [6, 6.07) is 12.2. The molecule has 1 fully saturated rings. The molecule has 3 rings (SSSR count). The highest BCUT2D eigenvalue weighted by atomic mass is 16.5. The van der Waals surface area contributed by atoms with Crippen molar-refractivity contribution < 1.29 is 23.9 Å². The maximum absolute atomic E-state index is 12.6. The molecule has 33 heavy (non-hydrogen) atoms. The molecule has 9 heteroatoms. The second-order valence-electron chi connectivity index (χ2n) is 7.92. The van der Waals surface area contributed by atoms with Gasteiger partial charge in [0, 0.05) is 36.0 Å². The normalized spacial score (nSPS) is 14.3. The number of amides is 3. The van der Waals surface area contributed by atoms with E-state index < -0.39 is 0 Å². The molecule has 0 aromatic heterocycles. The van der Waals surface area contributed by atoms with Gasteiger partial charge in [0.25, 0.3) is 0 Å². The highest BCUT2D eigenvalue weighted by molar-refractivity contribution is 5.94. The Hall–Kier alpha value is -3.59. The first-order valence-electron chi connectivity index (χ1n) is 10.8. The Morgan fingerprint density at radius 2 is 1.42 bits per heavy atom. The summed E-state index contributed by atoms with van der Waals surface area (Å²) in [5.41, 5.74) is 2.00. The monoisotopic (exact) mass is 454 g/mol. The summed E-state index contributed by atoms with van der Waals surface area (Å²) >= 11 is 0. The average molecular weight is 455 g/mol. The number of nitrogens with zero attached hydrogens (tertiary/aromatic N) is 1. The third kappa shape index (κ3) is 6.95. The Morgan fingerprint density at radius 1 is 0.848 bits per heavy atom. The smallest absolute Gasteiger partial charge is 0.238 e. The molecule has 0 atom stereocenters. The van der Waals surface area contributed by atoms with E-state index >= 15 is 0 Å². The Kier molecular flexibility index (Phi) is 8.26. The molecule has 0 unspecified atom stereocenters. The molecule has 2 aromatic carbocycles. The summed E-state index contributed by atoms with van der Waals surface area (Å²) in [5, 5.41) is 8.50. The summed E-state index contributed by atoms with van der Waals surface area (Å²) in [6.45, 7) is 3.03. The fraction of sp³-hybridized carbons (Fsp3) is 0.375. The van der Waals surface area contributed by atoms with E-state index in [-0.39, 0.29) is 30.2 Å². The zero-order chi connectivity index (χ0) is 23.8. The van der Waals surface area contributed by atoms with Gasteiger partial charge in [0.05, 0.1) is 20.8 Å². The number of ether oxygens (including phenoxy) is 2. The zero-order valence-corrected chi connectivity index (χ0v) is 19.1. The third-order valence-corrected chi connectivity index (χ3v) is 5.47. The molecule has 1 aliphatic rings. The first-order chi connectivity index (χ1) is 15.9. The molecule has 0 saturated carbocycles. The first-order valence-corrected chi connectivity index (χ1v) is 10.8. The Balaban J connectivity index is 1.44. The lowest BCUT2D eigenvalue weighted by atomic mass is 9.96. The highest BCUT2D eigenvalue weighted by Crippen LogP contribution is 2.29.